The van der Waals surface area contributed by atoms with Crippen molar-refractivity contribution >= 4 is 39.1 Å². The van der Waals surface area contributed by atoms with E-state index >= 15 is 0 Å². The van der Waals surface area contributed by atoms with Gasteiger partial charge in [-0.15, -0.1) is 11.3 Å². The van der Waals surface area contributed by atoms with Crippen LogP contribution < -0.4 is 5.32 Å². The lowest BCUT2D eigenvalue weighted by molar-refractivity contribution is 0.0526. The quantitative estimate of drug-likeness (QED) is 0.347. The molecule has 0 spiro atoms. The molecule has 35 heavy (non-hydrogen) atoms. The Morgan fingerprint density at radius 1 is 1.17 bits per heavy atom. The van der Waals surface area contributed by atoms with Crippen molar-refractivity contribution < 1.29 is 14.3 Å². The van der Waals surface area contributed by atoms with E-state index in [0.717, 1.165) is 64.8 Å². The average Bonchev–Trinajstić information content (AvgIpc) is 3.42. The van der Waals surface area contributed by atoms with Crippen LogP contribution in [0, 0.1) is 6.92 Å². The van der Waals surface area contributed by atoms with Crippen molar-refractivity contribution in [3.05, 3.63) is 63.8 Å². The molecule has 0 unspecified atom stereocenters. The van der Waals surface area contributed by atoms with Gasteiger partial charge in [0.1, 0.15) is 5.00 Å². The first-order valence-corrected chi connectivity index (χ1v) is 12.9. The fraction of sp³-hybridized carbons (Fsp3) is 0.333. The Hall–Kier alpha value is -3.52. The Morgan fingerprint density at radius 2 is 1.97 bits per heavy atom. The van der Waals surface area contributed by atoms with E-state index < -0.39 is 0 Å². The Bertz CT molecular complexity index is 1440. The molecule has 7 nitrogen and oxygen atoms in total. The van der Waals surface area contributed by atoms with Gasteiger partial charge in [-0.1, -0.05) is 18.2 Å². The molecule has 0 fully saturated rings. The van der Waals surface area contributed by atoms with E-state index in [1.807, 2.05) is 48.9 Å². The highest BCUT2D eigenvalue weighted by atomic mass is 32.1. The molecule has 0 saturated carbocycles. The van der Waals surface area contributed by atoms with E-state index in [1.165, 1.54) is 11.3 Å². The number of hydrogen-bond acceptors (Lipinski definition) is 6. The van der Waals surface area contributed by atoms with Crippen molar-refractivity contribution in [2.75, 3.05) is 11.9 Å². The van der Waals surface area contributed by atoms with Crippen LogP contribution in [0.15, 0.2) is 36.5 Å². The Labute approximate surface area is 208 Å². The molecule has 5 rings (SSSR count). The van der Waals surface area contributed by atoms with Gasteiger partial charge in [0.25, 0.3) is 5.91 Å². The molecule has 1 aliphatic rings. The van der Waals surface area contributed by atoms with Crippen molar-refractivity contribution in [1.29, 1.82) is 0 Å². The summed E-state index contributed by atoms with van der Waals surface area (Å²) in [5.74, 6) is -0.639. The minimum atomic E-state index is -0.370. The zero-order valence-electron chi connectivity index (χ0n) is 20.2. The third-order valence-electron chi connectivity index (χ3n) is 6.52. The summed E-state index contributed by atoms with van der Waals surface area (Å²) in [6.07, 6.45) is 5.67. The van der Waals surface area contributed by atoms with E-state index in [-0.39, 0.29) is 11.9 Å². The Balaban J connectivity index is 1.59. The number of pyridine rings is 1. The van der Waals surface area contributed by atoms with Gasteiger partial charge in [0.15, 0.2) is 0 Å². The summed E-state index contributed by atoms with van der Waals surface area (Å²) in [6, 6.07) is 9.43. The van der Waals surface area contributed by atoms with E-state index in [4.69, 9.17) is 9.72 Å². The number of ether oxygens (including phenoxy) is 1. The second-order valence-electron chi connectivity index (χ2n) is 8.62. The standard InChI is InChI=1S/C27H28N4O3S/c1-4-31-16(3)20(15-28-31)22-14-19(17-10-6-8-12-21(17)29-22)25(32)30-26-24(27(33)34-5-2)18-11-7-9-13-23(18)35-26/h6,8,10,12,14-15H,4-5,7,9,11,13H2,1-3H3,(H,30,32). The van der Waals surface area contributed by atoms with Crippen molar-refractivity contribution in [3.8, 4) is 11.3 Å². The number of nitrogens with zero attached hydrogens (tertiary/aromatic N) is 3. The second-order valence-corrected chi connectivity index (χ2v) is 9.73. The highest BCUT2D eigenvalue weighted by Crippen LogP contribution is 2.39. The molecule has 3 aromatic heterocycles. The number of nitrogens with one attached hydrogen (secondary N) is 1. The number of para-hydroxylation sites is 1. The lowest BCUT2D eigenvalue weighted by Crippen LogP contribution is -2.16. The van der Waals surface area contributed by atoms with Gasteiger partial charge < -0.3 is 10.1 Å². The van der Waals surface area contributed by atoms with Crippen LogP contribution in [0.1, 0.15) is 63.5 Å². The Morgan fingerprint density at radius 3 is 2.74 bits per heavy atom. The summed E-state index contributed by atoms with van der Waals surface area (Å²) < 4.78 is 7.26. The topological polar surface area (TPSA) is 86.1 Å². The number of aryl methyl sites for hydroxylation is 2. The number of esters is 1. The number of carbonyl (C=O) groups excluding carboxylic acids is 2. The monoisotopic (exact) mass is 488 g/mol. The molecule has 8 heteroatoms. The maximum absolute atomic E-state index is 13.7. The predicted molar refractivity (Wildman–Crippen MR) is 138 cm³/mol. The van der Waals surface area contributed by atoms with Crippen LogP contribution in [0.3, 0.4) is 0 Å². The molecule has 0 atom stereocenters. The summed E-state index contributed by atoms with van der Waals surface area (Å²) in [4.78, 5) is 32.5. The van der Waals surface area contributed by atoms with Crippen LogP contribution >= 0.6 is 11.3 Å². The zero-order chi connectivity index (χ0) is 24.5. The maximum Gasteiger partial charge on any atom is 0.341 e. The van der Waals surface area contributed by atoms with Crippen LogP contribution in [0.4, 0.5) is 5.00 Å². The highest BCUT2D eigenvalue weighted by molar-refractivity contribution is 7.17. The van der Waals surface area contributed by atoms with Gasteiger partial charge >= 0.3 is 5.97 Å². The minimum absolute atomic E-state index is 0.269. The molecular weight excluding hydrogens is 460 g/mol. The molecular formula is C27H28N4O3S. The summed E-state index contributed by atoms with van der Waals surface area (Å²) in [5, 5.41) is 8.83. The molecule has 1 N–H and O–H groups in total. The molecule has 1 amide bonds. The second kappa shape index (κ2) is 9.62. The number of rotatable bonds is 6. The molecule has 4 aromatic rings. The number of aromatic nitrogens is 3. The molecule has 1 aliphatic carbocycles. The summed E-state index contributed by atoms with van der Waals surface area (Å²) in [7, 11) is 0. The van der Waals surface area contributed by atoms with Gasteiger partial charge in [-0.2, -0.15) is 5.10 Å². The predicted octanol–water partition coefficient (Wildman–Crippen LogP) is 5.80. The average molecular weight is 489 g/mol. The number of benzene rings is 1. The summed E-state index contributed by atoms with van der Waals surface area (Å²) in [5.41, 5.74) is 5.37. The van der Waals surface area contributed by atoms with Crippen molar-refractivity contribution in [1.82, 2.24) is 14.8 Å². The van der Waals surface area contributed by atoms with Gasteiger partial charge in [-0.3, -0.25) is 9.48 Å². The van der Waals surface area contributed by atoms with Crippen LogP contribution in [-0.2, 0) is 24.1 Å². The number of hydrogen-bond donors (Lipinski definition) is 1. The van der Waals surface area contributed by atoms with E-state index in [9.17, 15) is 9.59 Å². The normalized spacial score (nSPS) is 13.0. The minimum Gasteiger partial charge on any atom is -0.462 e. The number of carbonyl (C=O) groups is 2. The largest absolute Gasteiger partial charge is 0.462 e. The van der Waals surface area contributed by atoms with Gasteiger partial charge in [0.05, 0.1) is 35.1 Å². The number of amides is 1. The van der Waals surface area contributed by atoms with Crippen LogP contribution in [-0.4, -0.2) is 33.2 Å². The molecule has 0 aliphatic heterocycles. The van der Waals surface area contributed by atoms with Gasteiger partial charge in [0.2, 0.25) is 0 Å². The van der Waals surface area contributed by atoms with Gasteiger partial charge in [-0.05, 0) is 64.2 Å². The summed E-state index contributed by atoms with van der Waals surface area (Å²) >= 11 is 1.49. The molecule has 0 radical (unpaired) electrons. The fourth-order valence-electron chi connectivity index (χ4n) is 4.76. The van der Waals surface area contributed by atoms with Crippen molar-refractivity contribution in [2.45, 2.75) is 53.0 Å². The van der Waals surface area contributed by atoms with Crippen LogP contribution in [0.25, 0.3) is 22.2 Å². The van der Waals surface area contributed by atoms with Crippen LogP contribution in [0.2, 0.25) is 0 Å². The van der Waals surface area contributed by atoms with Gasteiger partial charge in [0, 0.05) is 28.1 Å². The first-order valence-electron chi connectivity index (χ1n) is 12.1. The van der Waals surface area contributed by atoms with E-state index in [1.54, 1.807) is 13.1 Å². The summed E-state index contributed by atoms with van der Waals surface area (Å²) in [6.45, 7) is 6.89. The first-order chi connectivity index (χ1) is 17.0. The fourth-order valence-corrected chi connectivity index (χ4v) is 6.03. The van der Waals surface area contributed by atoms with Gasteiger partial charge in [-0.25, -0.2) is 9.78 Å². The van der Waals surface area contributed by atoms with E-state index in [2.05, 4.69) is 10.4 Å². The SMILES string of the molecule is CCOC(=O)c1c(NC(=O)c2cc(-c3cnn(CC)c3C)nc3ccccc23)sc2c1CCCC2. The highest BCUT2D eigenvalue weighted by Gasteiger charge is 2.28. The maximum atomic E-state index is 13.7. The molecule has 3 heterocycles. The zero-order valence-corrected chi connectivity index (χ0v) is 21.0. The van der Waals surface area contributed by atoms with Crippen molar-refractivity contribution in [2.24, 2.45) is 0 Å². The number of fused-ring (bicyclic) bond motifs is 2. The lowest BCUT2D eigenvalue weighted by Gasteiger charge is -2.13. The smallest absolute Gasteiger partial charge is 0.341 e. The number of anilines is 1. The first kappa shape index (κ1) is 23.2. The van der Waals surface area contributed by atoms with Crippen molar-refractivity contribution in [3.63, 3.8) is 0 Å². The number of thiophene rings is 1. The molecule has 180 valence electrons. The molecule has 0 saturated heterocycles. The third kappa shape index (κ3) is 4.23. The Kier molecular flexibility index (Phi) is 6.38. The third-order valence-corrected chi connectivity index (χ3v) is 7.72. The molecule has 1 aromatic carbocycles. The van der Waals surface area contributed by atoms with Crippen LogP contribution in [0.5, 0.6) is 0 Å². The van der Waals surface area contributed by atoms with E-state index in [0.29, 0.717) is 28.4 Å². The lowest BCUT2D eigenvalue weighted by atomic mass is 9.95. The molecule has 0 bridgehead atoms.